The summed E-state index contributed by atoms with van der Waals surface area (Å²) in [4.78, 5) is 9.26. The van der Waals surface area contributed by atoms with Gasteiger partial charge in [-0.15, -0.1) is 0 Å². The summed E-state index contributed by atoms with van der Waals surface area (Å²) in [5.74, 6) is 0.469. The van der Waals surface area contributed by atoms with Crippen LogP contribution in [0.4, 0.5) is 5.69 Å². The molecular formula is C54H56N4. The van der Waals surface area contributed by atoms with Gasteiger partial charge in [-0.2, -0.15) is 0 Å². The second-order valence-electron chi connectivity index (χ2n) is 13.5. The average molecular weight is 761 g/mol. The number of aryl methyl sites for hydroxylation is 1. The first-order chi connectivity index (χ1) is 28.2. The van der Waals surface area contributed by atoms with Crippen molar-refractivity contribution in [2.75, 3.05) is 0 Å². The minimum absolute atomic E-state index is 0.441. The lowest BCUT2D eigenvalue weighted by Gasteiger charge is -2.29. The number of nitrogens with two attached hydrogens (primary N) is 2. The van der Waals surface area contributed by atoms with E-state index in [2.05, 4.69) is 172 Å². The van der Waals surface area contributed by atoms with Crippen molar-refractivity contribution in [1.29, 1.82) is 0 Å². The van der Waals surface area contributed by atoms with E-state index in [1.165, 1.54) is 34.0 Å². The molecule has 0 aliphatic heterocycles. The average Bonchev–Trinajstić information content (AvgIpc) is 3.28. The molecule has 4 nitrogen and oxygen atoms in total. The monoisotopic (exact) mass is 760 g/mol. The maximum absolute atomic E-state index is 6.49. The van der Waals surface area contributed by atoms with Crippen molar-refractivity contribution in [3.8, 4) is 22.3 Å². The zero-order chi connectivity index (χ0) is 41.9. The van der Waals surface area contributed by atoms with E-state index in [4.69, 9.17) is 16.5 Å². The van der Waals surface area contributed by atoms with Crippen molar-refractivity contribution in [2.45, 2.75) is 40.0 Å². The van der Waals surface area contributed by atoms with Crippen LogP contribution in [0.1, 0.15) is 55.5 Å². The molecule has 0 saturated carbocycles. The second kappa shape index (κ2) is 21.9. The molecule has 0 aliphatic rings. The largest absolute Gasteiger partial charge is 0.405 e. The van der Waals surface area contributed by atoms with Gasteiger partial charge in [-0.25, -0.2) is 4.99 Å². The molecule has 0 fully saturated rings. The molecule has 0 bridgehead atoms. The van der Waals surface area contributed by atoms with Crippen LogP contribution in [0.3, 0.4) is 0 Å². The lowest BCUT2D eigenvalue weighted by molar-refractivity contribution is 0.724. The van der Waals surface area contributed by atoms with Gasteiger partial charge in [-0.3, -0.25) is 4.99 Å². The molecule has 292 valence electrons. The molecule has 0 spiro atoms. The van der Waals surface area contributed by atoms with Gasteiger partial charge in [0, 0.05) is 5.41 Å². The molecular weight excluding hydrogens is 705 g/mol. The quantitative estimate of drug-likeness (QED) is 0.0740. The summed E-state index contributed by atoms with van der Waals surface area (Å²) in [6.45, 7) is 21.7. The Labute approximate surface area is 346 Å². The molecule has 0 saturated heterocycles. The number of amidine groups is 1. The van der Waals surface area contributed by atoms with Crippen LogP contribution >= 0.6 is 0 Å². The Morgan fingerprint density at radius 1 is 0.638 bits per heavy atom. The topological polar surface area (TPSA) is 76.8 Å². The molecule has 1 unspecified atom stereocenters. The van der Waals surface area contributed by atoms with Gasteiger partial charge in [-0.1, -0.05) is 185 Å². The molecule has 58 heavy (non-hydrogen) atoms. The van der Waals surface area contributed by atoms with Crippen LogP contribution in [0.25, 0.3) is 33.5 Å². The molecule has 1 atom stereocenters. The van der Waals surface area contributed by atoms with E-state index in [1.807, 2.05) is 57.2 Å². The maximum Gasteiger partial charge on any atom is 0.127 e. The lowest BCUT2D eigenvalue weighted by atomic mass is 9.75. The number of aliphatic imine (C=N–C) groups is 2. The summed E-state index contributed by atoms with van der Waals surface area (Å²) < 4.78 is 0. The zero-order valence-corrected chi connectivity index (χ0v) is 34.6. The summed E-state index contributed by atoms with van der Waals surface area (Å²) in [5.41, 5.74) is 24.6. The van der Waals surface area contributed by atoms with Gasteiger partial charge in [0.1, 0.15) is 5.84 Å². The molecule has 0 aromatic heterocycles. The van der Waals surface area contributed by atoms with Crippen molar-refractivity contribution >= 4 is 29.5 Å². The van der Waals surface area contributed by atoms with Crippen molar-refractivity contribution < 1.29 is 0 Å². The Morgan fingerprint density at radius 3 is 1.62 bits per heavy atom. The Balaban J connectivity index is 0.000000987. The standard InChI is InChI=1S/C48H43N3.C4H7N.C2H6/c1-6-44(45-20-14-13-15-34(45)2)35(3)47(49)51-43-31-27-39(28-32-43)37-21-23-40(24-22-37)46(50-5)33-48(4,41-18-11-8-12-19-41)42-29-25-38(26-30-42)36-16-9-7-10-17-36;1-2-3-4-5;1-2/h6-33H,1,5H2,2-4H3,(H2,49,51);2-4H,1,5H2;1-2H3/b44-35-,46-33-;4-3-;. The van der Waals surface area contributed by atoms with E-state index < -0.39 is 5.41 Å². The molecule has 6 aromatic carbocycles. The number of nitrogens with zero attached hydrogens (tertiary/aromatic N) is 2. The van der Waals surface area contributed by atoms with Crippen molar-refractivity contribution in [2.24, 2.45) is 21.5 Å². The van der Waals surface area contributed by atoms with Gasteiger partial charge in [0.25, 0.3) is 0 Å². The smallest absolute Gasteiger partial charge is 0.127 e. The summed E-state index contributed by atoms with van der Waals surface area (Å²) in [6.07, 6.45) is 8.81. The number of rotatable bonds is 12. The fourth-order valence-electron chi connectivity index (χ4n) is 6.59. The summed E-state index contributed by atoms with van der Waals surface area (Å²) in [6, 6.07) is 54.7. The van der Waals surface area contributed by atoms with Crippen LogP contribution < -0.4 is 11.5 Å². The molecule has 4 heteroatoms. The third-order valence-corrected chi connectivity index (χ3v) is 9.87. The Morgan fingerprint density at radius 2 is 1.12 bits per heavy atom. The molecule has 0 amide bonds. The number of benzene rings is 6. The Bertz CT molecular complexity index is 2360. The van der Waals surface area contributed by atoms with E-state index in [0.29, 0.717) is 5.84 Å². The van der Waals surface area contributed by atoms with Crippen LogP contribution in [0.15, 0.2) is 217 Å². The van der Waals surface area contributed by atoms with Crippen molar-refractivity contribution in [3.05, 3.63) is 235 Å². The van der Waals surface area contributed by atoms with Crippen LogP contribution in [0.5, 0.6) is 0 Å². The van der Waals surface area contributed by atoms with Crippen LogP contribution in [-0.2, 0) is 5.41 Å². The molecule has 0 heterocycles. The third kappa shape index (κ3) is 11.0. The first kappa shape index (κ1) is 43.7. The second-order valence-corrected chi connectivity index (χ2v) is 13.5. The van der Waals surface area contributed by atoms with Crippen LogP contribution in [-0.4, -0.2) is 12.6 Å². The zero-order valence-electron chi connectivity index (χ0n) is 34.6. The van der Waals surface area contributed by atoms with E-state index >= 15 is 0 Å². The highest BCUT2D eigenvalue weighted by Gasteiger charge is 2.28. The van der Waals surface area contributed by atoms with Gasteiger partial charge < -0.3 is 11.5 Å². The first-order valence-electron chi connectivity index (χ1n) is 19.6. The predicted molar refractivity (Wildman–Crippen MR) is 254 cm³/mol. The molecule has 6 aromatic rings. The highest BCUT2D eigenvalue weighted by molar-refractivity contribution is 6.06. The van der Waals surface area contributed by atoms with Gasteiger partial charge in [0.15, 0.2) is 0 Å². The number of hydrogen-bond donors (Lipinski definition) is 2. The molecule has 6 rings (SSSR count). The SMILES string of the molecule is C=C/C(=C(\C)C(N)=Nc1ccc(-c2ccc(/C(=C/C(C)(c3ccccc3)c3ccc(-c4ccccc4)cc3)N=C)cc2)cc1)c1ccccc1C.C=C/C=C\N.CC. The Kier molecular flexibility index (Phi) is 16.5. The number of hydrogen-bond acceptors (Lipinski definition) is 3. The molecule has 4 N–H and O–H groups in total. The third-order valence-electron chi connectivity index (χ3n) is 9.87. The lowest BCUT2D eigenvalue weighted by Crippen LogP contribution is -2.21. The van der Waals surface area contributed by atoms with Crippen LogP contribution in [0.2, 0.25) is 0 Å². The summed E-state index contributed by atoms with van der Waals surface area (Å²) in [7, 11) is 0. The first-order valence-corrected chi connectivity index (χ1v) is 19.6. The van der Waals surface area contributed by atoms with Gasteiger partial charge in [0.05, 0.1) is 11.4 Å². The van der Waals surface area contributed by atoms with E-state index in [-0.39, 0.29) is 0 Å². The van der Waals surface area contributed by atoms with E-state index in [0.717, 1.165) is 44.8 Å². The highest BCUT2D eigenvalue weighted by Crippen LogP contribution is 2.38. The maximum atomic E-state index is 6.49. The highest BCUT2D eigenvalue weighted by atomic mass is 14.9. The Hall–Kier alpha value is -7.04. The van der Waals surface area contributed by atoms with Gasteiger partial charge in [0.2, 0.25) is 0 Å². The van der Waals surface area contributed by atoms with E-state index in [9.17, 15) is 0 Å². The normalized spacial score (nSPS) is 12.8. The van der Waals surface area contributed by atoms with E-state index in [1.54, 1.807) is 12.2 Å². The number of allylic oxidation sites excluding steroid dienone is 5. The molecule has 0 aliphatic carbocycles. The van der Waals surface area contributed by atoms with Crippen molar-refractivity contribution in [1.82, 2.24) is 0 Å². The minimum atomic E-state index is -0.441. The minimum Gasteiger partial charge on any atom is -0.405 e. The molecule has 0 radical (unpaired) electrons. The van der Waals surface area contributed by atoms with Gasteiger partial charge >= 0.3 is 0 Å². The summed E-state index contributed by atoms with van der Waals surface area (Å²) >= 11 is 0. The fraction of sp³-hybridized carbons (Fsp3) is 0.111. The fourth-order valence-corrected chi connectivity index (χ4v) is 6.59. The van der Waals surface area contributed by atoms with Gasteiger partial charge in [-0.05, 0) is 119 Å². The van der Waals surface area contributed by atoms with Crippen LogP contribution in [0, 0.1) is 6.92 Å². The van der Waals surface area contributed by atoms with Crippen molar-refractivity contribution in [3.63, 3.8) is 0 Å². The predicted octanol–water partition coefficient (Wildman–Crippen LogP) is 13.7. The summed E-state index contributed by atoms with van der Waals surface area (Å²) in [5, 5.41) is 0.